The highest BCUT2D eigenvalue weighted by atomic mass is 32.1. The average molecular weight is 706 g/mol. The number of thiophene rings is 1. The van der Waals surface area contributed by atoms with Crippen molar-refractivity contribution < 1.29 is 0 Å². The molecule has 0 amide bonds. The van der Waals surface area contributed by atoms with E-state index in [1.807, 2.05) is 11.3 Å². The van der Waals surface area contributed by atoms with Crippen LogP contribution in [-0.2, 0) is 0 Å². The third kappa shape index (κ3) is 5.74. The van der Waals surface area contributed by atoms with Gasteiger partial charge in [0.15, 0.2) is 0 Å². The van der Waals surface area contributed by atoms with E-state index in [-0.39, 0.29) is 0 Å². The largest absolute Gasteiger partial charge is 0.309 e. The molecule has 0 N–H and O–H groups in total. The van der Waals surface area contributed by atoms with Crippen LogP contribution in [0.15, 0.2) is 212 Å². The zero-order chi connectivity index (χ0) is 35.8. The number of rotatable bonds is 7. The lowest BCUT2D eigenvalue weighted by atomic mass is 9.95. The number of fused-ring (bicyclic) bond motifs is 4. The van der Waals surface area contributed by atoms with Gasteiger partial charge in [0, 0.05) is 37.0 Å². The summed E-state index contributed by atoms with van der Waals surface area (Å²) in [5.41, 5.74) is 13.0. The Kier molecular flexibility index (Phi) is 8.09. The van der Waals surface area contributed by atoms with Crippen LogP contribution >= 0.6 is 11.3 Å². The number of benzene rings is 9. The Hall–Kier alpha value is -6.74. The molecule has 10 rings (SSSR count). The van der Waals surface area contributed by atoms with Gasteiger partial charge < -0.3 is 4.90 Å². The van der Waals surface area contributed by atoms with Crippen LogP contribution < -0.4 is 4.90 Å². The Labute approximate surface area is 319 Å². The van der Waals surface area contributed by atoms with Gasteiger partial charge in [-0.25, -0.2) is 0 Å². The van der Waals surface area contributed by atoms with Crippen LogP contribution in [0.3, 0.4) is 0 Å². The number of hydrogen-bond donors (Lipinski definition) is 0. The summed E-state index contributed by atoms with van der Waals surface area (Å²) in [6.45, 7) is 0. The van der Waals surface area contributed by atoms with Gasteiger partial charge in [-0.15, -0.1) is 11.3 Å². The normalized spacial score (nSPS) is 11.3. The fourth-order valence-corrected chi connectivity index (χ4v) is 9.04. The smallest absolute Gasteiger partial charge is 0.0540 e. The molecule has 2 heteroatoms. The first-order valence-electron chi connectivity index (χ1n) is 18.4. The topological polar surface area (TPSA) is 3.24 Å². The van der Waals surface area contributed by atoms with Gasteiger partial charge in [0.1, 0.15) is 0 Å². The van der Waals surface area contributed by atoms with Crippen LogP contribution in [0.4, 0.5) is 17.1 Å². The zero-order valence-electron chi connectivity index (χ0n) is 29.6. The van der Waals surface area contributed by atoms with Gasteiger partial charge in [-0.3, -0.25) is 0 Å². The molecule has 0 radical (unpaired) electrons. The zero-order valence-corrected chi connectivity index (χ0v) is 30.4. The predicted octanol–water partition coefficient (Wildman–Crippen LogP) is 15.3. The van der Waals surface area contributed by atoms with Gasteiger partial charge in [0.25, 0.3) is 0 Å². The van der Waals surface area contributed by atoms with Crippen LogP contribution in [0.25, 0.3) is 75.5 Å². The number of hydrogen-bond acceptors (Lipinski definition) is 2. The summed E-state index contributed by atoms with van der Waals surface area (Å²) < 4.78 is 2.62. The molecule has 0 aliphatic carbocycles. The maximum atomic E-state index is 2.43. The van der Waals surface area contributed by atoms with Crippen LogP contribution in [0.2, 0.25) is 0 Å². The molecule has 1 aromatic heterocycles. The molecule has 10 aromatic rings. The molecule has 9 aromatic carbocycles. The van der Waals surface area contributed by atoms with E-state index in [2.05, 4.69) is 217 Å². The summed E-state index contributed by atoms with van der Waals surface area (Å²) in [4.78, 5) is 2.43. The van der Waals surface area contributed by atoms with Gasteiger partial charge >= 0.3 is 0 Å². The minimum atomic E-state index is 1.10. The van der Waals surface area contributed by atoms with E-state index in [0.29, 0.717) is 0 Å². The maximum absolute atomic E-state index is 2.43. The van der Waals surface area contributed by atoms with E-state index >= 15 is 0 Å². The summed E-state index contributed by atoms with van der Waals surface area (Å²) in [5.74, 6) is 0. The van der Waals surface area contributed by atoms with Crippen molar-refractivity contribution in [3.05, 3.63) is 212 Å². The summed E-state index contributed by atoms with van der Waals surface area (Å²) in [7, 11) is 0. The Morgan fingerprint density at radius 1 is 0.296 bits per heavy atom. The minimum absolute atomic E-state index is 1.10. The molecule has 0 atom stereocenters. The molecule has 0 fully saturated rings. The van der Waals surface area contributed by atoms with Crippen molar-refractivity contribution >= 4 is 59.3 Å². The van der Waals surface area contributed by atoms with E-state index in [1.54, 1.807) is 0 Å². The van der Waals surface area contributed by atoms with Gasteiger partial charge in [0.2, 0.25) is 0 Å². The highest BCUT2D eigenvalue weighted by molar-refractivity contribution is 7.25. The van der Waals surface area contributed by atoms with Crippen LogP contribution in [-0.4, -0.2) is 0 Å². The second-order valence-electron chi connectivity index (χ2n) is 13.7. The lowest BCUT2D eigenvalue weighted by Crippen LogP contribution is -2.12. The molecular weight excluding hydrogens is 671 g/mol. The monoisotopic (exact) mass is 705 g/mol. The molecule has 0 saturated carbocycles. The predicted molar refractivity (Wildman–Crippen MR) is 233 cm³/mol. The second-order valence-corrected chi connectivity index (χ2v) is 14.8. The molecule has 0 saturated heterocycles. The van der Waals surface area contributed by atoms with Crippen LogP contribution in [0, 0.1) is 0 Å². The van der Waals surface area contributed by atoms with E-state index in [4.69, 9.17) is 0 Å². The quantitative estimate of drug-likeness (QED) is 0.160. The van der Waals surface area contributed by atoms with Crippen LogP contribution in [0.1, 0.15) is 0 Å². The van der Waals surface area contributed by atoms with Gasteiger partial charge in [0.05, 0.1) is 11.4 Å². The maximum Gasteiger partial charge on any atom is 0.0540 e. The fraction of sp³-hybridized carbons (Fsp3) is 0. The molecule has 0 spiro atoms. The standard InChI is InChI=1S/C52H35NS/c1-2-14-38(15-3-1)45-21-6-9-25-49(45)53(50-26-10-7-22-46(50)41-30-33-48-47-23-8-11-27-51(47)54-52(48)35-41)42-31-28-36(29-32-42)39-18-12-19-40(34-39)44-24-13-17-37-16-4-5-20-43(37)44/h1-35H. The lowest BCUT2D eigenvalue weighted by Gasteiger charge is -2.30. The molecule has 0 bridgehead atoms. The summed E-state index contributed by atoms with van der Waals surface area (Å²) in [6.07, 6.45) is 0. The van der Waals surface area contributed by atoms with E-state index in [0.717, 1.165) is 17.1 Å². The van der Waals surface area contributed by atoms with Gasteiger partial charge in [-0.05, 0) is 86.6 Å². The van der Waals surface area contributed by atoms with Crippen molar-refractivity contribution in [2.24, 2.45) is 0 Å². The molecule has 54 heavy (non-hydrogen) atoms. The Morgan fingerprint density at radius 3 is 1.65 bits per heavy atom. The third-order valence-corrected chi connectivity index (χ3v) is 11.6. The van der Waals surface area contributed by atoms with Crippen molar-refractivity contribution in [3.63, 3.8) is 0 Å². The first-order chi connectivity index (χ1) is 26.8. The second kappa shape index (κ2) is 13.7. The Bertz CT molecular complexity index is 2930. The van der Waals surface area contributed by atoms with E-state index in [9.17, 15) is 0 Å². The summed E-state index contributed by atoms with van der Waals surface area (Å²) in [5, 5.41) is 5.15. The molecule has 0 unspecified atom stereocenters. The van der Waals surface area contributed by atoms with E-state index in [1.165, 1.54) is 75.5 Å². The van der Waals surface area contributed by atoms with E-state index < -0.39 is 0 Å². The Balaban J connectivity index is 1.11. The molecular formula is C52H35NS. The van der Waals surface area contributed by atoms with Gasteiger partial charge in [-0.1, -0.05) is 170 Å². The average Bonchev–Trinajstić information content (AvgIpc) is 3.63. The minimum Gasteiger partial charge on any atom is -0.309 e. The first kappa shape index (κ1) is 32.0. The van der Waals surface area contributed by atoms with Crippen molar-refractivity contribution in [3.8, 4) is 44.5 Å². The van der Waals surface area contributed by atoms with Crippen LogP contribution in [0.5, 0.6) is 0 Å². The molecule has 254 valence electrons. The third-order valence-electron chi connectivity index (χ3n) is 10.5. The molecule has 0 aliphatic rings. The highest BCUT2D eigenvalue weighted by Crippen LogP contribution is 2.46. The SMILES string of the molecule is c1ccc(-c2ccccc2N(c2ccc(-c3cccc(-c4cccc5ccccc45)c3)cc2)c2ccccc2-c2ccc3c(c2)sc2ccccc23)cc1. The molecule has 1 heterocycles. The summed E-state index contributed by atoms with van der Waals surface area (Å²) in [6, 6.07) is 77.1. The summed E-state index contributed by atoms with van der Waals surface area (Å²) >= 11 is 1.86. The number of anilines is 3. The van der Waals surface area contributed by atoms with Gasteiger partial charge in [-0.2, -0.15) is 0 Å². The number of nitrogens with zero attached hydrogens (tertiary/aromatic N) is 1. The van der Waals surface area contributed by atoms with Crippen molar-refractivity contribution in [1.82, 2.24) is 0 Å². The fourth-order valence-electron chi connectivity index (χ4n) is 7.89. The first-order valence-corrected chi connectivity index (χ1v) is 19.2. The molecule has 0 aliphatic heterocycles. The Morgan fingerprint density at radius 2 is 0.833 bits per heavy atom. The van der Waals surface area contributed by atoms with Crippen molar-refractivity contribution in [2.75, 3.05) is 4.90 Å². The van der Waals surface area contributed by atoms with Crippen molar-refractivity contribution in [2.45, 2.75) is 0 Å². The van der Waals surface area contributed by atoms with Crippen molar-refractivity contribution in [1.29, 1.82) is 0 Å². The highest BCUT2D eigenvalue weighted by Gasteiger charge is 2.21. The lowest BCUT2D eigenvalue weighted by molar-refractivity contribution is 1.28. The number of para-hydroxylation sites is 2. The molecule has 1 nitrogen and oxygen atoms in total.